The average molecular weight is 283 g/mol. The zero-order chi connectivity index (χ0) is 15.1. The molecule has 0 saturated heterocycles. The molecule has 1 aliphatic rings. The summed E-state index contributed by atoms with van der Waals surface area (Å²) >= 11 is 0. The fourth-order valence-electron chi connectivity index (χ4n) is 2.82. The number of aromatic nitrogens is 2. The molecule has 108 valence electrons. The molecular weight excluding hydrogens is 266 g/mol. The molecule has 1 aliphatic heterocycles. The number of anilines is 1. The largest absolute Gasteiger partial charge is 0.338 e. The second kappa shape index (κ2) is 4.84. The molecule has 21 heavy (non-hydrogen) atoms. The summed E-state index contributed by atoms with van der Waals surface area (Å²) in [6, 6.07) is 3.84. The van der Waals surface area contributed by atoms with Crippen LogP contribution in [0.3, 0.4) is 0 Å². The molecule has 2 aromatic rings. The van der Waals surface area contributed by atoms with Crippen LogP contribution in [-0.4, -0.2) is 27.8 Å². The summed E-state index contributed by atoms with van der Waals surface area (Å²) < 4.78 is 1.92. The van der Waals surface area contributed by atoms with Crippen molar-refractivity contribution < 1.29 is 9.59 Å². The Kier molecular flexibility index (Phi) is 3.12. The standard InChI is InChI=1S/C16H17N3O2/c1-10-4-5-11(2)14-13(10)15(20)16(21)19(14)8-6-12-17-7-9-18(12)3/h4-5,7,9H,6,8H2,1-3H3. The summed E-state index contributed by atoms with van der Waals surface area (Å²) in [7, 11) is 1.92. The Morgan fingerprint density at radius 1 is 1.14 bits per heavy atom. The summed E-state index contributed by atoms with van der Waals surface area (Å²) in [5.41, 5.74) is 3.13. The normalized spacial score (nSPS) is 14.0. The lowest BCUT2D eigenvalue weighted by molar-refractivity contribution is -0.114. The Morgan fingerprint density at radius 3 is 2.52 bits per heavy atom. The number of hydrogen-bond donors (Lipinski definition) is 0. The molecule has 1 amide bonds. The van der Waals surface area contributed by atoms with Gasteiger partial charge in [0.05, 0.1) is 11.3 Å². The highest BCUT2D eigenvalue weighted by Crippen LogP contribution is 2.34. The average Bonchev–Trinajstić information content (AvgIpc) is 2.97. The van der Waals surface area contributed by atoms with Crippen molar-refractivity contribution in [2.45, 2.75) is 20.3 Å². The number of imidazole rings is 1. The fourth-order valence-corrected chi connectivity index (χ4v) is 2.82. The molecule has 2 heterocycles. The van der Waals surface area contributed by atoms with Gasteiger partial charge < -0.3 is 9.47 Å². The summed E-state index contributed by atoms with van der Waals surface area (Å²) in [4.78, 5) is 30.3. The van der Waals surface area contributed by atoms with E-state index in [2.05, 4.69) is 4.98 Å². The Morgan fingerprint density at radius 2 is 1.86 bits per heavy atom. The first-order valence-corrected chi connectivity index (χ1v) is 6.93. The molecule has 3 rings (SSSR count). The van der Waals surface area contributed by atoms with Crippen molar-refractivity contribution in [1.29, 1.82) is 0 Å². The molecular formula is C16H17N3O2. The van der Waals surface area contributed by atoms with Gasteiger partial charge in [-0.3, -0.25) is 9.59 Å². The van der Waals surface area contributed by atoms with Gasteiger partial charge in [0, 0.05) is 32.4 Å². The molecule has 0 unspecified atom stereocenters. The Labute approximate surface area is 123 Å². The van der Waals surface area contributed by atoms with Gasteiger partial charge in [0.25, 0.3) is 11.7 Å². The number of ketones is 1. The molecule has 1 aromatic heterocycles. The highest BCUT2D eigenvalue weighted by molar-refractivity contribution is 6.52. The monoisotopic (exact) mass is 283 g/mol. The van der Waals surface area contributed by atoms with E-state index in [-0.39, 0.29) is 0 Å². The van der Waals surface area contributed by atoms with Crippen molar-refractivity contribution in [3.63, 3.8) is 0 Å². The minimum Gasteiger partial charge on any atom is -0.338 e. The van der Waals surface area contributed by atoms with E-state index < -0.39 is 11.7 Å². The minimum absolute atomic E-state index is 0.397. The van der Waals surface area contributed by atoms with E-state index in [1.807, 2.05) is 43.8 Å². The molecule has 0 radical (unpaired) electrons. The number of rotatable bonds is 3. The van der Waals surface area contributed by atoms with Crippen LogP contribution in [0, 0.1) is 13.8 Å². The van der Waals surface area contributed by atoms with Crippen molar-refractivity contribution in [3.05, 3.63) is 47.0 Å². The highest BCUT2D eigenvalue weighted by Gasteiger charge is 2.37. The number of Topliss-reactive ketones (excluding diaryl/α,β-unsaturated/α-hetero) is 1. The van der Waals surface area contributed by atoms with Crippen molar-refractivity contribution in [2.24, 2.45) is 7.05 Å². The Bertz CT molecular complexity index is 746. The van der Waals surface area contributed by atoms with Crippen molar-refractivity contribution in [1.82, 2.24) is 9.55 Å². The molecule has 0 atom stereocenters. The number of carbonyl (C=O) groups excluding carboxylic acids is 2. The number of amides is 1. The Balaban J connectivity index is 1.95. The molecule has 1 aromatic carbocycles. The molecule has 0 N–H and O–H groups in total. The third-order valence-electron chi connectivity index (χ3n) is 4.00. The quantitative estimate of drug-likeness (QED) is 0.807. The van der Waals surface area contributed by atoms with Gasteiger partial charge >= 0.3 is 0 Å². The molecule has 0 aliphatic carbocycles. The number of aryl methyl sites for hydroxylation is 3. The highest BCUT2D eigenvalue weighted by atomic mass is 16.2. The summed E-state index contributed by atoms with van der Waals surface area (Å²) in [5, 5.41) is 0. The molecule has 0 spiro atoms. The minimum atomic E-state index is -0.434. The van der Waals surface area contributed by atoms with Gasteiger partial charge in [-0.25, -0.2) is 4.98 Å². The Hall–Kier alpha value is -2.43. The van der Waals surface area contributed by atoms with Gasteiger partial charge in [-0.15, -0.1) is 0 Å². The van der Waals surface area contributed by atoms with Crippen LogP contribution in [0.4, 0.5) is 5.69 Å². The van der Waals surface area contributed by atoms with Gasteiger partial charge in [0.2, 0.25) is 0 Å². The van der Waals surface area contributed by atoms with Gasteiger partial charge in [-0.05, 0) is 25.0 Å². The molecule has 5 heteroatoms. The molecule has 0 fully saturated rings. The number of carbonyl (C=O) groups is 2. The van der Waals surface area contributed by atoms with E-state index in [9.17, 15) is 9.59 Å². The van der Waals surface area contributed by atoms with Crippen LogP contribution in [0.2, 0.25) is 0 Å². The smallest absolute Gasteiger partial charge is 0.299 e. The third kappa shape index (κ3) is 2.05. The van der Waals surface area contributed by atoms with E-state index in [1.54, 1.807) is 11.1 Å². The number of fused-ring (bicyclic) bond motifs is 1. The lowest BCUT2D eigenvalue weighted by Crippen LogP contribution is -2.32. The first-order valence-electron chi connectivity index (χ1n) is 6.93. The fraction of sp³-hybridized carbons (Fsp3) is 0.312. The van der Waals surface area contributed by atoms with Gasteiger partial charge in [-0.1, -0.05) is 12.1 Å². The van der Waals surface area contributed by atoms with Crippen molar-refractivity contribution in [2.75, 3.05) is 11.4 Å². The van der Waals surface area contributed by atoms with Crippen LogP contribution in [0.15, 0.2) is 24.5 Å². The number of benzene rings is 1. The molecule has 0 saturated carbocycles. The first kappa shape index (κ1) is 13.5. The van der Waals surface area contributed by atoms with Crippen LogP contribution in [0.25, 0.3) is 0 Å². The van der Waals surface area contributed by atoms with Crippen molar-refractivity contribution in [3.8, 4) is 0 Å². The topological polar surface area (TPSA) is 55.2 Å². The zero-order valence-corrected chi connectivity index (χ0v) is 12.4. The third-order valence-corrected chi connectivity index (χ3v) is 4.00. The zero-order valence-electron chi connectivity index (χ0n) is 12.4. The van der Waals surface area contributed by atoms with Crippen molar-refractivity contribution >= 4 is 17.4 Å². The van der Waals surface area contributed by atoms with Crippen LogP contribution < -0.4 is 4.90 Å². The van der Waals surface area contributed by atoms with Crippen LogP contribution >= 0.6 is 0 Å². The number of hydrogen-bond acceptors (Lipinski definition) is 3. The maximum atomic E-state index is 12.3. The lowest BCUT2D eigenvalue weighted by Gasteiger charge is -2.18. The summed E-state index contributed by atoms with van der Waals surface area (Å²) in [6.07, 6.45) is 4.22. The van der Waals surface area contributed by atoms with E-state index in [0.29, 0.717) is 18.5 Å². The maximum Gasteiger partial charge on any atom is 0.299 e. The van der Waals surface area contributed by atoms with Crippen LogP contribution in [0.5, 0.6) is 0 Å². The molecule has 0 bridgehead atoms. The van der Waals surface area contributed by atoms with E-state index >= 15 is 0 Å². The SMILES string of the molecule is Cc1ccc(C)c2c1C(=O)C(=O)N2CCc1nccn1C. The van der Waals surface area contributed by atoms with E-state index in [0.717, 1.165) is 22.6 Å². The second-order valence-corrected chi connectivity index (χ2v) is 5.41. The lowest BCUT2D eigenvalue weighted by atomic mass is 10.0. The van der Waals surface area contributed by atoms with E-state index in [1.165, 1.54) is 0 Å². The number of nitrogens with zero attached hydrogens (tertiary/aromatic N) is 3. The van der Waals surface area contributed by atoms with Gasteiger partial charge in [-0.2, -0.15) is 0 Å². The van der Waals surface area contributed by atoms with Crippen LogP contribution in [-0.2, 0) is 18.3 Å². The summed E-state index contributed by atoms with van der Waals surface area (Å²) in [6.45, 7) is 4.26. The van der Waals surface area contributed by atoms with E-state index in [4.69, 9.17) is 0 Å². The molecule has 5 nitrogen and oxygen atoms in total. The predicted octanol–water partition coefficient (Wildman–Crippen LogP) is 1.81. The van der Waals surface area contributed by atoms with Gasteiger partial charge in [0.1, 0.15) is 5.82 Å². The predicted molar refractivity (Wildman–Crippen MR) is 79.5 cm³/mol. The van der Waals surface area contributed by atoms with Crippen LogP contribution in [0.1, 0.15) is 27.3 Å². The van der Waals surface area contributed by atoms with Gasteiger partial charge in [0.15, 0.2) is 0 Å². The first-order chi connectivity index (χ1) is 10.0. The second-order valence-electron chi connectivity index (χ2n) is 5.41. The summed E-state index contributed by atoms with van der Waals surface area (Å²) in [5.74, 6) is 0.0663. The maximum absolute atomic E-state index is 12.3.